The maximum atomic E-state index is 11.8. The van der Waals surface area contributed by atoms with Crippen LogP contribution in [0.25, 0.3) is 11.0 Å². The first-order valence-electron chi connectivity index (χ1n) is 6.44. The Balaban J connectivity index is 1.67. The number of H-pyrrole nitrogens is 2. The molecule has 0 unspecified atom stereocenters. The summed E-state index contributed by atoms with van der Waals surface area (Å²) in [7, 11) is 0. The van der Waals surface area contributed by atoms with Crippen LogP contribution in [0.1, 0.15) is 18.4 Å². The second-order valence-corrected chi connectivity index (χ2v) is 4.83. The molecule has 1 amide bonds. The second kappa shape index (κ2) is 4.89. The highest BCUT2D eigenvalue weighted by Crippen LogP contribution is 2.10. The molecule has 2 heterocycles. The number of imidazole rings is 1. The average Bonchev–Trinajstić information content (AvgIpc) is 3.03. The number of hydrogen-bond donors (Lipinski definition) is 4. The van der Waals surface area contributed by atoms with Gasteiger partial charge in [0, 0.05) is 6.54 Å². The maximum Gasteiger partial charge on any atom is 0.323 e. The number of nitrogens with one attached hydrogen (secondary N) is 4. The minimum absolute atomic E-state index is 0.0418. The monoisotopic (exact) mass is 260 g/mol. The minimum atomic E-state index is -0.216. The van der Waals surface area contributed by atoms with Gasteiger partial charge in [0.2, 0.25) is 5.91 Å². The van der Waals surface area contributed by atoms with Crippen molar-refractivity contribution >= 4 is 16.9 Å². The quantitative estimate of drug-likeness (QED) is 0.636. The van der Waals surface area contributed by atoms with Crippen molar-refractivity contribution in [3.63, 3.8) is 0 Å². The molecular formula is C13H16N4O2. The highest BCUT2D eigenvalue weighted by atomic mass is 16.2. The van der Waals surface area contributed by atoms with Crippen LogP contribution in [-0.2, 0) is 11.3 Å². The molecule has 4 N–H and O–H groups in total. The summed E-state index contributed by atoms with van der Waals surface area (Å²) >= 11 is 0. The number of amides is 1. The first kappa shape index (κ1) is 12.0. The van der Waals surface area contributed by atoms with E-state index in [1.54, 1.807) is 0 Å². The van der Waals surface area contributed by atoms with Crippen LogP contribution in [0.15, 0.2) is 23.0 Å². The van der Waals surface area contributed by atoms with Crippen molar-refractivity contribution in [2.24, 2.45) is 0 Å². The van der Waals surface area contributed by atoms with Gasteiger partial charge in [-0.15, -0.1) is 0 Å². The molecule has 100 valence electrons. The Kier molecular flexibility index (Phi) is 3.08. The van der Waals surface area contributed by atoms with E-state index in [1.165, 1.54) is 0 Å². The van der Waals surface area contributed by atoms with Crippen molar-refractivity contribution in [3.8, 4) is 0 Å². The van der Waals surface area contributed by atoms with E-state index in [0.717, 1.165) is 36.0 Å². The van der Waals surface area contributed by atoms with E-state index in [-0.39, 0.29) is 17.6 Å². The number of carbonyl (C=O) groups is 1. The van der Waals surface area contributed by atoms with Gasteiger partial charge in [0.1, 0.15) is 0 Å². The minimum Gasteiger partial charge on any atom is -0.351 e. The van der Waals surface area contributed by atoms with E-state index < -0.39 is 0 Å². The lowest BCUT2D eigenvalue weighted by atomic mass is 10.2. The number of aromatic nitrogens is 2. The molecule has 1 atom stereocenters. The number of fused-ring (bicyclic) bond motifs is 1. The van der Waals surface area contributed by atoms with Gasteiger partial charge >= 0.3 is 5.69 Å². The molecule has 0 aliphatic carbocycles. The first-order valence-corrected chi connectivity index (χ1v) is 6.44. The third kappa shape index (κ3) is 2.53. The molecule has 19 heavy (non-hydrogen) atoms. The fourth-order valence-electron chi connectivity index (χ4n) is 2.41. The zero-order chi connectivity index (χ0) is 13.2. The number of benzene rings is 1. The highest BCUT2D eigenvalue weighted by molar-refractivity contribution is 5.82. The topological polar surface area (TPSA) is 89.8 Å². The van der Waals surface area contributed by atoms with Crippen LogP contribution >= 0.6 is 0 Å². The van der Waals surface area contributed by atoms with Gasteiger partial charge in [0.05, 0.1) is 17.1 Å². The molecule has 1 aromatic carbocycles. The van der Waals surface area contributed by atoms with Crippen molar-refractivity contribution in [2.45, 2.75) is 25.4 Å². The van der Waals surface area contributed by atoms with E-state index in [1.807, 2.05) is 18.2 Å². The van der Waals surface area contributed by atoms with Gasteiger partial charge in [0.15, 0.2) is 0 Å². The van der Waals surface area contributed by atoms with Gasteiger partial charge in [-0.05, 0) is 37.1 Å². The van der Waals surface area contributed by atoms with Crippen molar-refractivity contribution < 1.29 is 4.79 Å². The Bertz CT molecular complexity index is 652. The van der Waals surface area contributed by atoms with Crippen molar-refractivity contribution in [2.75, 3.05) is 6.54 Å². The Hall–Kier alpha value is -2.08. The average molecular weight is 260 g/mol. The first-order chi connectivity index (χ1) is 9.22. The van der Waals surface area contributed by atoms with Crippen molar-refractivity contribution in [1.29, 1.82) is 0 Å². The number of hydrogen-bond acceptors (Lipinski definition) is 3. The zero-order valence-corrected chi connectivity index (χ0v) is 10.5. The highest BCUT2D eigenvalue weighted by Gasteiger charge is 2.21. The lowest BCUT2D eigenvalue weighted by Crippen LogP contribution is -2.39. The third-order valence-electron chi connectivity index (χ3n) is 3.42. The Morgan fingerprint density at radius 2 is 2.16 bits per heavy atom. The Morgan fingerprint density at radius 3 is 2.95 bits per heavy atom. The molecule has 0 spiro atoms. The fourth-order valence-corrected chi connectivity index (χ4v) is 2.41. The smallest absolute Gasteiger partial charge is 0.323 e. The Morgan fingerprint density at radius 1 is 1.32 bits per heavy atom. The predicted molar refractivity (Wildman–Crippen MR) is 71.8 cm³/mol. The molecule has 0 saturated carbocycles. The zero-order valence-electron chi connectivity index (χ0n) is 10.5. The molecule has 0 radical (unpaired) electrons. The molecule has 1 aliphatic rings. The summed E-state index contributed by atoms with van der Waals surface area (Å²) in [5.41, 5.74) is 2.29. The van der Waals surface area contributed by atoms with Gasteiger partial charge in [-0.1, -0.05) is 6.07 Å². The fraction of sp³-hybridized carbons (Fsp3) is 0.385. The molecule has 1 aromatic heterocycles. The molecule has 6 nitrogen and oxygen atoms in total. The summed E-state index contributed by atoms with van der Waals surface area (Å²) in [6.07, 6.45) is 1.95. The van der Waals surface area contributed by atoms with Gasteiger partial charge < -0.3 is 20.6 Å². The molecule has 0 bridgehead atoms. The lowest BCUT2D eigenvalue weighted by molar-refractivity contribution is -0.122. The number of carbonyl (C=O) groups excluding carboxylic acids is 1. The van der Waals surface area contributed by atoms with Gasteiger partial charge in [-0.25, -0.2) is 4.79 Å². The molecule has 3 rings (SSSR count). The van der Waals surface area contributed by atoms with E-state index in [9.17, 15) is 9.59 Å². The van der Waals surface area contributed by atoms with E-state index >= 15 is 0 Å². The molecule has 1 aliphatic heterocycles. The lowest BCUT2D eigenvalue weighted by Gasteiger charge is -2.11. The van der Waals surface area contributed by atoms with E-state index in [2.05, 4.69) is 20.6 Å². The van der Waals surface area contributed by atoms with Gasteiger partial charge in [-0.3, -0.25) is 4.79 Å². The molecule has 2 aromatic rings. The Labute approximate surface area is 109 Å². The third-order valence-corrected chi connectivity index (χ3v) is 3.42. The summed E-state index contributed by atoms with van der Waals surface area (Å²) in [4.78, 5) is 28.4. The molecular weight excluding hydrogens is 244 g/mol. The van der Waals surface area contributed by atoms with Crippen LogP contribution in [0, 0.1) is 0 Å². The molecule has 1 saturated heterocycles. The normalized spacial score (nSPS) is 18.8. The van der Waals surface area contributed by atoms with Crippen LogP contribution in [0.4, 0.5) is 0 Å². The number of aromatic amines is 2. The maximum absolute atomic E-state index is 11.8. The van der Waals surface area contributed by atoms with Crippen LogP contribution < -0.4 is 16.3 Å². The van der Waals surface area contributed by atoms with Gasteiger partial charge in [0.25, 0.3) is 0 Å². The van der Waals surface area contributed by atoms with Gasteiger partial charge in [-0.2, -0.15) is 0 Å². The van der Waals surface area contributed by atoms with Crippen molar-refractivity contribution in [3.05, 3.63) is 34.2 Å². The van der Waals surface area contributed by atoms with Crippen LogP contribution in [-0.4, -0.2) is 28.5 Å². The van der Waals surface area contributed by atoms with Crippen LogP contribution in [0.5, 0.6) is 0 Å². The molecule has 1 fully saturated rings. The summed E-state index contributed by atoms with van der Waals surface area (Å²) in [6, 6.07) is 5.54. The summed E-state index contributed by atoms with van der Waals surface area (Å²) in [6.45, 7) is 1.38. The summed E-state index contributed by atoms with van der Waals surface area (Å²) < 4.78 is 0. The second-order valence-electron chi connectivity index (χ2n) is 4.83. The van der Waals surface area contributed by atoms with Crippen LogP contribution in [0.3, 0.4) is 0 Å². The standard InChI is InChI=1S/C13H16N4O2/c18-12(10-2-1-5-14-10)15-7-8-3-4-9-11(6-8)17-13(19)16-9/h3-4,6,10,14H,1-2,5,7H2,(H,15,18)(H2,16,17,19)/t10-/m1/s1. The number of rotatable bonds is 3. The largest absolute Gasteiger partial charge is 0.351 e. The van der Waals surface area contributed by atoms with E-state index in [0.29, 0.717) is 6.54 Å². The molecule has 6 heteroatoms. The van der Waals surface area contributed by atoms with E-state index in [4.69, 9.17) is 0 Å². The van der Waals surface area contributed by atoms with Crippen molar-refractivity contribution in [1.82, 2.24) is 20.6 Å². The van der Waals surface area contributed by atoms with Crippen LogP contribution in [0.2, 0.25) is 0 Å². The summed E-state index contributed by atoms with van der Waals surface area (Å²) in [5, 5.41) is 6.07. The SMILES string of the molecule is O=C(NCc1ccc2[nH]c(=O)[nH]c2c1)[C@H]1CCCN1. The summed E-state index contributed by atoms with van der Waals surface area (Å²) in [5.74, 6) is 0.0418. The predicted octanol–water partition coefficient (Wildman–Crippen LogP) is 0.224.